The minimum atomic E-state index is 0.429. The first-order chi connectivity index (χ1) is 11.1. The topological polar surface area (TPSA) is 62.7 Å². The third-order valence-electron chi connectivity index (χ3n) is 3.40. The van der Waals surface area contributed by atoms with Crippen LogP contribution < -0.4 is 10.6 Å². The van der Waals surface area contributed by atoms with E-state index in [4.69, 9.17) is 11.6 Å². The summed E-state index contributed by atoms with van der Waals surface area (Å²) in [6.07, 6.45) is 1.57. The van der Waals surface area contributed by atoms with E-state index < -0.39 is 0 Å². The predicted molar refractivity (Wildman–Crippen MR) is 93.8 cm³/mol. The number of aromatic nitrogens is 3. The van der Waals surface area contributed by atoms with E-state index in [2.05, 4.69) is 25.8 Å². The van der Waals surface area contributed by atoms with Gasteiger partial charge in [0.15, 0.2) is 5.82 Å². The van der Waals surface area contributed by atoms with Crippen molar-refractivity contribution in [3.05, 3.63) is 64.8 Å². The quantitative estimate of drug-likeness (QED) is 0.732. The van der Waals surface area contributed by atoms with Crippen molar-refractivity contribution < 1.29 is 0 Å². The van der Waals surface area contributed by atoms with Crippen LogP contribution in [0.2, 0.25) is 5.02 Å². The normalized spacial score (nSPS) is 10.4. The predicted octanol–water partition coefficient (Wildman–Crippen LogP) is 4.63. The van der Waals surface area contributed by atoms with Crippen LogP contribution in [0, 0.1) is 13.8 Å². The molecule has 2 aromatic carbocycles. The summed E-state index contributed by atoms with van der Waals surface area (Å²) in [5, 5.41) is 15.0. The van der Waals surface area contributed by atoms with Gasteiger partial charge in [-0.1, -0.05) is 35.4 Å². The Balaban J connectivity index is 1.79. The largest absolute Gasteiger partial charge is 0.339 e. The van der Waals surface area contributed by atoms with Crippen molar-refractivity contribution in [2.45, 2.75) is 13.8 Å². The molecule has 0 spiro atoms. The van der Waals surface area contributed by atoms with Gasteiger partial charge in [-0.25, -0.2) is 0 Å². The van der Waals surface area contributed by atoms with Gasteiger partial charge < -0.3 is 10.6 Å². The Kier molecular flexibility index (Phi) is 4.39. The summed E-state index contributed by atoms with van der Waals surface area (Å²) in [6, 6.07) is 13.7. The van der Waals surface area contributed by atoms with E-state index in [0.29, 0.717) is 16.8 Å². The minimum Gasteiger partial charge on any atom is -0.339 e. The Bertz CT molecular complexity index is 817. The van der Waals surface area contributed by atoms with Crippen LogP contribution in [-0.2, 0) is 0 Å². The number of nitrogens with zero attached hydrogens (tertiary/aromatic N) is 3. The maximum Gasteiger partial charge on any atom is 0.249 e. The van der Waals surface area contributed by atoms with E-state index >= 15 is 0 Å². The number of halogens is 1. The van der Waals surface area contributed by atoms with E-state index in [0.717, 1.165) is 16.9 Å². The monoisotopic (exact) mass is 325 g/mol. The van der Waals surface area contributed by atoms with Crippen LogP contribution in [-0.4, -0.2) is 15.2 Å². The second-order valence-electron chi connectivity index (χ2n) is 5.19. The molecule has 3 aromatic rings. The molecule has 6 heteroatoms. The number of rotatable bonds is 4. The molecule has 1 aromatic heterocycles. The Morgan fingerprint density at radius 3 is 2.52 bits per heavy atom. The molecular weight excluding hydrogens is 310 g/mol. The first kappa shape index (κ1) is 15.2. The van der Waals surface area contributed by atoms with Crippen LogP contribution in [0.3, 0.4) is 0 Å². The van der Waals surface area contributed by atoms with Crippen molar-refractivity contribution in [1.82, 2.24) is 15.2 Å². The maximum atomic E-state index is 6.13. The van der Waals surface area contributed by atoms with Gasteiger partial charge in [-0.15, -0.1) is 5.10 Å². The standard InChI is InChI=1S/C17H16ClN5/c1-11-6-8-13(9-7-11)20-17-22-16(10-19-23-17)21-15-5-3-4-14(18)12(15)2/h3-10H,1-2H3,(H2,20,21,22,23). The van der Waals surface area contributed by atoms with Gasteiger partial charge in [0, 0.05) is 16.4 Å². The van der Waals surface area contributed by atoms with Crippen molar-refractivity contribution in [3.8, 4) is 0 Å². The summed E-state index contributed by atoms with van der Waals surface area (Å²) in [6.45, 7) is 3.99. The van der Waals surface area contributed by atoms with Crippen molar-refractivity contribution in [2.75, 3.05) is 10.6 Å². The molecule has 1 heterocycles. The highest BCUT2D eigenvalue weighted by Gasteiger charge is 2.05. The summed E-state index contributed by atoms with van der Waals surface area (Å²) in [5.74, 6) is 1.03. The fraction of sp³-hybridized carbons (Fsp3) is 0.118. The molecule has 0 saturated heterocycles. The molecule has 23 heavy (non-hydrogen) atoms. The van der Waals surface area contributed by atoms with Crippen LogP contribution in [0.15, 0.2) is 48.7 Å². The zero-order valence-corrected chi connectivity index (χ0v) is 13.6. The SMILES string of the molecule is Cc1ccc(Nc2nncc(Nc3cccc(Cl)c3C)n2)cc1. The summed E-state index contributed by atoms with van der Waals surface area (Å²) in [4.78, 5) is 4.42. The van der Waals surface area contributed by atoms with Gasteiger partial charge in [0.25, 0.3) is 0 Å². The lowest BCUT2D eigenvalue weighted by Gasteiger charge is -2.10. The van der Waals surface area contributed by atoms with Gasteiger partial charge in [-0.2, -0.15) is 10.1 Å². The van der Waals surface area contributed by atoms with Gasteiger partial charge in [-0.05, 0) is 43.7 Å². The molecule has 0 aliphatic carbocycles. The summed E-state index contributed by atoms with van der Waals surface area (Å²) < 4.78 is 0. The van der Waals surface area contributed by atoms with E-state index in [-0.39, 0.29) is 0 Å². The van der Waals surface area contributed by atoms with Crippen molar-refractivity contribution in [3.63, 3.8) is 0 Å². The molecule has 0 saturated carbocycles. The zero-order chi connectivity index (χ0) is 16.2. The molecule has 0 fully saturated rings. The van der Waals surface area contributed by atoms with Gasteiger partial charge in [0.2, 0.25) is 5.95 Å². The van der Waals surface area contributed by atoms with Crippen LogP contribution in [0.5, 0.6) is 0 Å². The minimum absolute atomic E-state index is 0.429. The molecule has 0 aliphatic heterocycles. The Labute approximate surface area is 139 Å². The number of anilines is 4. The number of hydrogen-bond donors (Lipinski definition) is 2. The van der Waals surface area contributed by atoms with Crippen molar-refractivity contribution in [1.29, 1.82) is 0 Å². The highest BCUT2D eigenvalue weighted by atomic mass is 35.5. The fourth-order valence-corrected chi connectivity index (χ4v) is 2.24. The second-order valence-corrected chi connectivity index (χ2v) is 5.60. The summed E-state index contributed by atoms with van der Waals surface area (Å²) >= 11 is 6.13. The van der Waals surface area contributed by atoms with Crippen LogP contribution in [0.4, 0.5) is 23.1 Å². The molecule has 0 radical (unpaired) electrons. The van der Waals surface area contributed by atoms with Gasteiger partial charge in [0.1, 0.15) is 0 Å². The molecule has 2 N–H and O–H groups in total. The van der Waals surface area contributed by atoms with Gasteiger partial charge >= 0.3 is 0 Å². The Hall–Kier alpha value is -2.66. The number of nitrogens with one attached hydrogen (secondary N) is 2. The smallest absolute Gasteiger partial charge is 0.249 e. The molecule has 0 unspecified atom stereocenters. The molecule has 5 nitrogen and oxygen atoms in total. The molecule has 3 rings (SSSR count). The van der Waals surface area contributed by atoms with Gasteiger partial charge in [0.05, 0.1) is 6.20 Å². The average Bonchev–Trinajstić information content (AvgIpc) is 2.54. The Morgan fingerprint density at radius 2 is 1.74 bits per heavy atom. The lowest BCUT2D eigenvalue weighted by Crippen LogP contribution is -2.03. The molecule has 0 atom stereocenters. The fourth-order valence-electron chi connectivity index (χ4n) is 2.06. The van der Waals surface area contributed by atoms with E-state index in [1.165, 1.54) is 5.56 Å². The number of hydrogen-bond acceptors (Lipinski definition) is 5. The van der Waals surface area contributed by atoms with Crippen molar-refractivity contribution >= 4 is 34.7 Å². The van der Waals surface area contributed by atoms with E-state index in [9.17, 15) is 0 Å². The van der Waals surface area contributed by atoms with Crippen LogP contribution >= 0.6 is 11.6 Å². The Morgan fingerprint density at radius 1 is 0.957 bits per heavy atom. The highest BCUT2D eigenvalue weighted by molar-refractivity contribution is 6.31. The number of benzene rings is 2. The third kappa shape index (κ3) is 3.76. The van der Waals surface area contributed by atoms with Crippen LogP contribution in [0.25, 0.3) is 0 Å². The zero-order valence-electron chi connectivity index (χ0n) is 12.8. The lowest BCUT2D eigenvalue weighted by atomic mass is 10.2. The molecule has 0 amide bonds. The average molecular weight is 326 g/mol. The maximum absolute atomic E-state index is 6.13. The first-order valence-corrected chi connectivity index (χ1v) is 7.55. The lowest BCUT2D eigenvalue weighted by molar-refractivity contribution is 0.982. The summed E-state index contributed by atoms with van der Waals surface area (Å²) in [7, 11) is 0. The second kappa shape index (κ2) is 6.62. The molecule has 0 bridgehead atoms. The van der Waals surface area contributed by atoms with Crippen LogP contribution in [0.1, 0.15) is 11.1 Å². The highest BCUT2D eigenvalue weighted by Crippen LogP contribution is 2.25. The molecule has 0 aliphatic rings. The van der Waals surface area contributed by atoms with Gasteiger partial charge in [-0.3, -0.25) is 0 Å². The summed E-state index contributed by atoms with van der Waals surface area (Å²) in [5.41, 5.74) is 3.95. The van der Waals surface area contributed by atoms with E-state index in [1.807, 2.05) is 56.3 Å². The number of aryl methyl sites for hydroxylation is 1. The molecule has 116 valence electrons. The molecular formula is C17H16ClN5. The van der Waals surface area contributed by atoms with E-state index in [1.54, 1.807) is 6.20 Å². The van der Waals surface area contributed by atoms with Crippen molar-refractivity contribution in [2.24, 2.45) is 0 Å². The first-order valence-electron chi connectivity index (χ1n) is 7.17. The third-order valence-corrected chi connectivity index (χ3v) is 3.81.